The molecule has 0 aliphatic carbocycles. The van der Waals surface area contributed by atoms with E-state index in [1.807, 2.05) is 0 Å². The average Bonchev–Trinajstić information content (AvgIpc) is 2.27. The Morgan fingerprint density at radius 3 is 2.93 bits per heavy atom. The van der Waals surface area contributed by atoms with E-state index in [1.165, 1.54) is 13.3 Å². The van der Waals surface area contributed by atoms with Crippen molar-refractivity contribution >= 4 is 5.78 Å². The zero-order valence-corrected chi connectivity index (χ0v) is 8.36. The van der Waals surface area contributed by atoms with Gasteiger partial charge in [0.05, 0.1) is 13.3 Å². The monoisotopic (exact) mass is 194 g/mol. The molecular weight excluding hydrogens is 180 g/mol. The highest BCUT2D eigenvalue weighted by Crippen LogP contribution is 2.13. The van der Waals surface area contributed by atoms with Gasteiger partial charge < -0.3 is 10.5 Å². The SMILES string of the molecule is COc1cncc(C(=O)C(C)CN)c1. The molecule has 0 bridgehead atoms. The van der Waals surface area contributed by atoms with E-state index < -0.39 is 0 Å². The van der Waals surface area contributed by atoms with Crippen LogP contribution >= 0.6 is 0 Å². The van der Waals surface area contributed by atoms with E-state index in [1.54, 1.807) is 19.2 Å². The maximum atomic E-state index is 11.7. The minimum atomic E-state index is -0.177. The lowest BCUT2D eigenvalue weighted by Gasteiger charge is -2.07. The standard InChI is InChI=1S/C10H14N2O2/c1-7(4-11)10(13)8-3-9(14-2)6-12-5-8/h3,5-7H,4,11H2,1-2H3. The Kier molecular flexibility index (Phi) is 3.59. The third kappa shape index (κ3) is 2.29. The molecule has 1 heterocycles. The summed E-state index contributed by atoms with van der Waals surface area (Å²) in [5, 5.41) is 0. The highest BCUT2D eigenvalue weighted by molar-refractivity contribution is 5.97. The molecule has 0 aromatic carbocycles. The number of hydrogen-bond donors (Lipinski definition) is 1. The Bertz CT molecular complexity index is 326. The molecule has 0 radical (unpaired) electrons. The third-order valence-electron chi connectivity index (χ3n) is 2.03. The number of carbonyl (C=O) groups excluding carboxylic acids is 1. The van der Waals surface area contributed by atoms with Crippen LogP contribution in [0.2, 0.25) is 0 Å². The maximum Gasteiger partial charge on any atom is 0.168 e. The molecule has 0 spiro atoms. The number of carbonyl (C=O) groups is 1. The lowest BCUT2D eigenvalue weighted by molar-refractivity contribution is 0.0933. The fourth-order valence-electron chi connectivity index (χ4n) is 1.06. The Morgan fingerprint density at radius 2 is 2.36 bits per heavy atom. The molecule has 1 unspecified atom stereocenters. The van der Waals surface area contributed by atoms with Crippen LogP contribution in [0.3, 0.4) is 0 Å². The van der Waals surface area contributed by atoms with Gasteiger partial charge in [0.2, 0.25) is 0 Å². The van der Waals surface area contributed by atoms with Crippen LogP contribution in [-0.2, 0) is 0 Å². The first-order valence-corrected chi connectivity index (χ1v) is 4.42. The number of nitrogens with two attached hydrogens (primary N) is 1. The smallest absolute Gasteiger partial charge is 0.168 e. The summed E-state index contributed by atoms with van der Waals surface area (Å²) < 4.78 is 4.97. The second kappa shape index (κ2) is 4.72. The first-order valence-electron chi connectivity index (χ1n) is 4.42. The van der Waals surface area contributed by atoms with Crippen molar-refractivity contribution in [1.82, 2.24) is 4.98 Å². The van der Waals surface area contributed by atoms with Crippen molar-refractivity contribution in [2.24, 2.45) is 11.7 Å². The van der Waals surface area contributed by atoms with Gasteiger partial charge >= 0.3 is 0 Å². The van der Waals surface area contributed by atoms with E-state index in [0.29, 0.717) is 17.9 Å². The van der Waals surface area contributed by atoms with Crippen molar-refractivity contribution in [3.8, 4) is 5.75 Å². The fraction of sp³-hybridized carbons (Fsp3) is 0.400. The zero-order valence-electron chi connectivity index (χ0n) is 8.36. The minimum absolute atomic E-state index is 0.00102. The molecule has 1 atom stereocenters. The number of methoxy groups -OCH3 is 1. The van der Waals surface area contributed by atoms with Gasteiger partial charge in [0.15, 0.2) is 5.78 Å². The number of nitrogens with zero attached hydrogens (tertiary/aromatic N) is 1. The average molecular weight is 194 g/mol. The van der Waals surface area contributed by atoms with E-state index in [2.05, 4.69) is 4.98 Å². The van der Waals surface area contributed by atoms with Gasteiger partial charge in [-0.15, -0.1) is 0 Å². The van der Waals surface area contributed by atoms with Crippen LogP contribution in [0, 0.1) is 5.92 Å². The summed E-state index contributed by atoms with van der Waals surface area (Å²) in [4.78, 5) is 15.6. The van der Waals surface area contributed by atoms with Crippen LogP contribution in [0.4, 0.5) is 0 Å². The molecule has 0 saturated carbocycles. The highest BCUT2D eigenvalue weighted by Gasteiger charge is 2.14. The van der Waals surface area contributed by atoms with Gasteiger partial charge in [0.25, 0.3) is 0 Å². The van der Waals surface area contributed by atoms with Crippen LogP contribution in [-0.4, -0.2) is 24.4 Å². The molecule has 76 valence electrons. The lowest BCUT2D eigenvalue weighted by Crippen LogP contribution is -2.20. The van der Waals surface area contributed by atoms with Crippen molar-refractivity contribution < 1.29 is 9.53 Å². The van der Waals surface area contributed by atoms with Crippen LogP contribution in [0.25, 0.3) is 0 Å². The van der Waals surface area contributed by atoms with Crippen LogP contribution in [0.15, 0.2) is 18.5 Å². The summed E-state index contributed by atoms with van der Waals surface area (Å²) in [6.07, 6.45) is 3.08. The van der Waals surface area contributed by atoms with Crippen molar-refractivity contribution in [2.75, 3.05) is 13.7 Å². The number of hydrogen-bond acceptors (Lipinski definition) is 4. The molecule has 4 heteroatoms. The van der Waals surface area contributed by atoms with Gasteiger partial charge in [-0.3, -0.25) is 9.78 Å². The molecule has 1 rings (SSSR count). The number of ether oxygens (including phenoxy) is 1. The topological polar surface area (TPSA) is 65.2 Å². The van der Waals surface area contributed by atoms with E-state index in [0.717, 1.165) is 0 Å². The molecule has 14 heavy (non-hydrogen) atoms. The number of ketones is 1. The largest absolute Gasteiger partial charge is 0.495 e. The van der Waals surface area contributed by atoms with Crippen molar-refractivity contribution in [3.05, 3.63) is 24.0 Å². The van der Waals surface area contributed by atoms with Crippen LogP contribution in [0.5, 0.6) is 5.75 Å². The van der Waals surface area contributed by atoms with Gasteiger partial charge in [-0.05, 0) is 6.07 Å². The molecule has 0 amide bonds. The quantitative estimate of drug-likeness (QED) is 0.722. The van der Waals surface area contributed by atoms with Gasteiger partial charge in [0.1, 0.15) is 5.75 Å². The Labute approximate surface area is 83.1 Å². The van der Waals surface area contributed by atoms with Gasteiger partial charge in [-0.25, -0.2) is 0 Å². The van der Waals surface area contributed by atoms with E-state index in [-0.39, 0.29) is 11.7 Å². The highest BCUT2D eigenvalue weighted by atomic mass is 16.5. The van der Waals surface area contributed by atoms with Crippen molar-refractivity contribution in [1.29, 1.82) is 0 Å². The molecule has 4 nitrogen and oxygen atoms in total. The number of Topliss-reactive ketones (excluding diaryl/α,β-unsaturated/α-hetero) is 1. The predicted octanol–water partition coefficient (Wildman–Crippen LogP) is 0.868. The zero-order chi connectivity index (χ0) is 10.6. The number of aromatic nitrogens is 1. The molecule has 0 aliphatic heterocycles. The van der Waals surface area contributed by atoms with E-state index in [4.69, 9.17) is 10.5 Å². The van der Waals surface area contributed by atoms with Gasteiger partial charge in [-0.2, -0.15) is 0 Å². The predicted molar refractivity (Wildman–Crippen MR) is 53.3 cm³/mol. The molecule has 0 saturated heterocycles. The van der Waals surface area contributed by atoms with Crippen molar-refractivity contribution in [3.63, 3.8) is 0 Å². The Morgan fingerprint density at radius 1 is 1.64 bits per heavy atom. The first kappa shape index (κ1) is 10.7. The van der Waals surface area contributed by atoms with E-state index >= 15 is 0 Å². The summed E-state index contributed by atoms with van der Waals surface area (Å²) in [6.45, 7) is 2.14. The summed E-state index contributed by atoms with van der Waals surface area (Å²) in [5.74, 6) is 0.405. The Balaban J connectivity index is 2.90. The second-order valence-electron chi connectivity index (χ2n) is 3.11. The summed E-state index contributed by atoms with van der Waals surface area (Å²) in [6, 6.07) is 1.67. The van der Waals surface area contributed by atoms with E-state index in [9.17, 15) is 4.79 Å². The number of pyridine rings is 1. The fourth-order valence-corrected chi connectivity index (χ4v) is 1.06. The van der Waals surface area contributed by atoms with Crippen LogP contribution < -0.4 is 10.5 Å². The van der Waals surface area contributed by atoms with Crippen molar-refractivity contribution in [2.45, 2.75) is 6.92 Å². The van der Waals surface area contributed by atoms with Gasteiger partial charge in [-0.1, -0.05) is 6.92 Å². The molecule has 1 aromatic heterocycles. The summed E-state index contributed by atoms with van der Waals surface area (Å²) >= 11 is 0. The summed E-state index contributed by atoms with van der Waals surface area (Å²) in [5.41, 5.74) is 5.95. The normalized spacial score (nSPS) is 12.2. The molecule has 2 N–H and O–H groups in total. The molecular formula is C10H14N2O2. The second-order valence-corrected chi connectivity index (χ2v) is 3.11. The Hall–Kier alpha value is -1.42. The molecule has 1 aromatic rings. The minimum Gasteiger partial charge on any atom is -0.495 e. The first-order chi connectivity index (χ1) is 6.69. The summed E-state index contributed by atoms with van der Waals surface area (Å²) in [7, 11) is 1.54. The lowest BCUT2D eigenvalue weighted by atomic mass is 10.0. The van der Waals surface area contributed by atoms with Gasteiger partial charge in [0, 0.05) is 24.2 Å². The third-order valence-corrected chi connectivity index (χ3v) is 2.03. The number of rotatable bonds is 4. The maximum absolute atomic E-state index is 11.7. The molecule has 0 fully saturated rings. The molecule has 0 aliphatic rings. The van der Waals surface area contributed by atoms with Crippen LogP contribution in [0.1, 0.15) is 17.3 Å².